The van der Waals surface area contributed by atoms with Gasteiger partial charge in [-0.25, -0.2) is 19.1 Å². The Kier molecular flexibility index (Phi) is 5.91. The number of fused-ring (bicyclic) bond motifs is 20. The smallest absolute Gasteiger partial charge is 0.242 e. The molecule has 0 unspecified atom stereocenters. The lowest BCUT2D eigenvalue weighted by Crippen LogP contribution is -2.52. The summed E-state index contributed by atoms with van der Waals surface area (Å²) < 4.78 is 123. The standard InChI is InChI=1S/C60H45N9Si/c1-60(2)33-34-70(3,4)54-52-41-24-10-9-22-39(41)37-20-6-5-19-36(37)38-21-7-8-23-40(38)42(52)35-43(53(54)60)55-63-56(68-50-31-17-15-29-48(50)66-46-27-13-11-25-44(46)61-58(66)68)65-57(64-55)69-51-32-18-16-30-49(51)67-47-28-14-12-26-45(47)62-59(67)69/h5-32,35H,33-34H2,1-4H3/i1D3,2D3,3D3,4D3. The molecule has 0 radical (unpaired) electrons. The van der Waals surface area contributed by atoms with Gasteiger partial charge < -0.3 is 0 Å². The first-order valence-electron chi connectivity index (χ1n) is 29.2. The Balaban J connectivity index is 1.20. The van der Waals surface area contributed by atoms with Crippen molar-refractivity contribution in [3.8, 4) is 67.8 Å². The average molecular weight is 932 g/mol. The SMILES string of the molecule is [2H]C([2H])([2H])C1(C([2H])([2H])[2H])CC[Si](C([2H])([2H])[2H])(C([2H])([2H])[2H])c2c3c(cc(-c4nc(-n5c6ccccc6n6c7ccccc7nc56)nc(-n5c6ccccc6n6c7ccccc7nc56)n4)c21)-c1ccccc1-c1ccccc1-c1ccccc1-3. The van der Waals surface area contributed by atoms with E-state index >= 15 is 0 Å². The number of hydrogen-bond donors (Lipinski definition) is 0. The fourth-order valence-corrected chi connectivity index (χ4v) is 13.9. The third-order valence-electron chi connectivity index (χ3n) is 14.4. The highest BCUT2D eigenvalue weighted by Gasteiger charge is 2.44. The van der Waals surface area contributed by atoms with Crippen molar-refractivity contribution in [2.45, 2.75) is 44.5 Å². The molecule has 13 aromatic rings. The predicted molar refractivity (Wildman–Crippen MR) is 286 cm³/mol. The summed E-state index contributed by atoms with van der Waals surface area (Å²) in [7, 11) is -5.34. The van der Waals surface area contributed by atoms with Crippen LogP contribution in [0, 0.1) is 0 Å². The summed E-state index contributed by atoms with van der Waals surface area (Å²) in [6.07, 6.45) is -0.833. The Hall–Kier alpha value is -8.47. The lowest BCUT2D eigenvalue weighted by atomic mass is 9.74. The van der Waals surface area contributed by atoms with Gasteiger partial charge in [-0.3, -0.25) is 8.80 Å². The van der Waals surface area contributed by atoms with Crippen LogP contribution in [-0.4, -0.2) is 50.9 Å². The fraction of sp³-hybridized carbons (Fsp3) is 0.117. The molecule has 9 nitrogen and oxygen atoms in total. The molecule has 6 heterocycles. The van der Waals surface area contributed by atoms with Crippen molar-refractivity contribution in [2.24, 2.45) is 0 Å². The zero-order valence-corrected chi connectivity index (χ0v) is 38.2. The fourth-order valence-electron chi connectivity index (χ4n) is 11.5. The molecule has 0 spiro atoms. The van der Waals surface area contributed by atoms with Crippen LogP contribution in [0.15, 0.2) is 176 Å². The summed E-state index contributed by atoms with van der Waals surface area (Å²) in [6.45, 7) is -13.4. The molecule has 0 atom stereocenters. The summed E-state index contributed by atoms with van der Waals surface area (Å²) in [5.41, 5.74) is 6.45. The molecule has 70 heavy (non-hydrogen) atoms. The molecule has 0 N–H and O–H groups in total. The molecule has 5 aromatic heterocycles. The van der Waals surface area contributed by atoms with Gasteiger partial charge in [-0.15, -0.1) is 0 Å². The normalized spacial score (nSPS) is 17.9. The number of benzene rings is 8. The Morgan fingerprint density at radius 3 is 1.37 bits per heavy atom. The predicted octanol–water partition coefficient (Wildman–Crippen LogP) is 13.6. The second kappa shape index (κ2) is 14.1. The van der Waals surface area contributed by atoms with Crippen LogP contribution in [0.5, 0.6) is 0 Å². The molecule has 1 aliphatic heterocycles. The molecule has 1 aliphatic carbocycles. The van der Waals surface area contributed by atoms with Crippen molar-refractivity contribution in [1.29, 1.82) is 0 Å². The number of imidazole rings is 4. The molecule has 0 saturated heterocycles. The monoisotopic (exact) mass is 931 g/mol. The van der Waals surface area contributed by atoms with E-state index in [0.717, 1.165) is 33.2 Å². The molecule has 0 saturated carbocycles. The highest BCUT2D eigenvalue weighted by molar-refractivity contribution is 6.91. The van der Waals surface area contributed by atoms with Gasteiger partial charge in [0.2, 0.25) is 23.5 Å². The van der Waals surface area contributed by atoms with E-state index in [2.05, 4.69) is 0 Å². The Morgan fingerprint density at radius 1 is 0.443 bits per heavy atom. The van der Waals surface area contributed by atoms with Crippen LogP contribution in [0.4, 0.5) is 0 Å². The van der Waals surface area contributed by atoms with Crippen molar-refractivity contribution >= 4 is 68.9 Å². The molecular formula is C60H45N9Si. The number of para-hydroxylation sites is 8. The molecule has 2 aliphatic rings. The van der Waals surface area contributed by atoms with E-state index in [1.807, 2.05) is 167 Å². The number of rotatable bonds is 3. The largest absolute Gasteiger partial charge is 0.276 e. The van der Waals surface area contributed by atoms with E-state index in [9.17, 15) is 16.4 Å². The van der Waals surface area contributed by atoms with Crippen molar-refractivity contribution < 1.29 is 16.4 Å². The highest BCUT2D eigenvalue weighted by Crippen LogP contribution is 2.52. The van der Waals surface area contributed by atoms with Crippen LogP contribution in [0.25, 0.3) is 123 Å². The van der Waals surface area contributed by atoms with Crippen molar-refractivity contribution in [3.63, 3.8) is 0 Å². The minimum atomic E-state index is -5.34. The van der Waals surface area contributed by atoms with Gasteiger partial charge in [0.25, 0.3) is 0 Å². The lowest BCUT2D eigenvalue weighted by molar-refractivity contribution is 0.499. The topological polar surface area (TPSA) is 83.1 Å². The Bertz CT molecular complexity index is 4670. The number of nitrogens with zero attached hydrogens (tertiary/aromatic N) is 9. The molecule has 15 rings (SSSR count). The lowest BCUT2D eigenvalue weighted by Gasteiger charge is -2.44. The first-order valence-corrected chi connectivity index (χ1v) is 25.5. The van der Waals surface area contributed by atoms with Gasteiger partial charge >= 0.3 is 0 Å². The third-order valence-corrected chi connectivity index (χ3v) is 16.8. The second-order valence-electron chi connectivity index (χ2n) is 18.4. The third kappa shape index (κ3) is 5.33. The molecule has 8 aromatic carbocycles. The van der Waals surface area contributed by atoms with Crippen LogP contribution < -0.4 is 5.19 Å². The summed E-state index contributed by atoms with van der Waals surface area (Å²) in [4.78, 5) is 26.4. The van der Waals surface area contributed by atoms with E-state index in [4.69, 9.17) is 24.9 Å². The first kappa shape index (κ1) is 29.4. The molecule has 334 valence electrons. The molecule has 0 bridgehead atoms. The van der Waals surface area contributed by atoms with Gasteiger partial charge in [0, 0.05) is 22.0 Å². The van der Waals surface area contributed by atoms with E-state index in [-0.39, 0.29) is 34.0 Å². The number of aromatic nitrogens is 9. The Labute approximate surface area is 420 Å². The quantitative estimate of drug-likeness (QED) is 0.165. The maximum absolute atomic E-state index is 9.68. The minimum Gasteiger partial charge on any atom is -0.276 e. The van der Waals surface area contributed by atoms with E-state index in [0.29, 0.717) is 61.4 Å². The average Bonchev–Trinajstić information content (AvgIpc) is 1.55. The molecular weight excluding hydrogens is 875 g/mol. The zero-order valence-electron chi connectivity index (χ0n) is 49.2. The van der Waals surface area contributed by atoms with Crippen LogP contribution in [-0.2, 0) is 5.41 Å². The van der Waals surface area contributed by atoms with E-state index in [1.54, 1.807) is 27.3 Å². The number of hydrogen-bond acceptors (Lipinski definition) is 5. The van der Waals surface area contributed by atoms with Crippen molar-refractivity contribution in [1.82, 2.24) is 42.9 Å². The Morgan fingerprint density at radius 2 is 0.871 bits per heavy atom. The summed E-state index contributed by atoms with van der Waals surface area (Å²) in [5.74, 6) is 0.519. The van der Waals surface area contributed by atoms with E-state index in [1.165, 1.54) is 0 Å². The van der Waals surface area contributed by atoms with E-state index < -0.39 is 58.2 Å². The van der Waals surface area contributed by atoms with Crippen molar-refractivity contribution in [3.05, 3.63) is 181 Å². The summed E-state index contributed by atoms with van der Waals surface area (Å²) >= 11 is 0. The van der Waals surface area contributed by atoms with Gasteiger partial charge in [0.15, 0.2) is 5.82 Å². The molecule has 0 fully saturated rings. The van der Waals surface area contributed by atoms with Crippen LogP contribution in [0.3, 0.4) is 0 Å². The summed E-state index contributed by atoms with van der Waals surface area (Å²) in [5, 5.41) is -0.301. The van der Waals surface area contributed by atoms with Crippen molar-refractivity contribution in [2.75, 3.05) is 0 Å². The van der Waals surface area contributed by atoms with Crippen LogP contribution in [0.1, 0.15) is 42.1 Å². The van der Waals surface area contributed by atoms with Gasteiger partial charge in [0.1, 0.15) is 0 Å². The molecule has 0 amide bonds. The van der Waals surface area contributed by atoms with Crippen LogP contribution in [0.2, 0.25) is 19.0 Å². The summed E-state index contributed by atoms with van der Waals surface area (Å²) in [6, 6.07) is 54.0. The van der Waals surface area contributed by atoms with Crippen LogP contribution >= 0.6 is 0 Å². The zero-order chi connectivity index (χ0) is 56.6. The molecule has 10 heteroatoms. The van der Waals surface area contributed by atoms with Gasteiger partial charge in [-0.05, 0) is 122 Å². The minimum absolute atomic E-state index is 0.0203. The van der Waals surface area contributed by atoms with Gasteiger partial charge in [-0.2, -0.15) is 15.0 Å². The second-order valence-corrected chi connectivity index (χ2v) is 21.2. The first-order chi connectivity index (χ1) is 39.2. The van der Waals surface area contributed by atoms with Gasteiger partial charge in [-0.1, -0.05) is 154 Å². The maximum atomic E-state index is 9.68. The van der Waals surface area contributed by atoms with Gasteiger partial charge in [0.05, 0.1) is 52.2 Å². The highest BCUT2D eigenvalue weighted by atomic mass is 28.3. The maximum Gasteiger partial charge on any atom is 0.242 e.